The summed E-state index contributed by atoms with van der Waals surface area (Å²) >= 11 is 7.74. The summed E-state index contributed by atoms with van der Waals surface area (Å²) < 4.78 is 11.3. The summed E-state index contributed by atoms with van der Waals surface area (Å²) in [5.74, 6) is 0.101. The van der Waals surface area contributed by atoms with E-state index in [4.69, 9.17) is 26.8 Å². The number of ketones is 1. The van der Waals surface area contributed by atoms with Gasteiger partial charge in [-0.25, -0.2) is 4.79 Å². The summed E-state index contributed by atoms with van der Waals surface area (Å²) in [6, 6.07) is 12.0. The highest BCUT2D eigenvalue weighted by atomic mass is 35.5. The molecule has 1 heterocycles. The van der Waals surface area contributed by atoms with E-state index in [-0.39, 0.29) is 29.3 Å². The van der Waals surface area contributed by atoms with Crippen molar-refractivity contribution in [3.05, 3.63) is 86.5 Å². The molecule has 1 aliphatic heterocycles. The van der Waals surface area contributed by atoms with Crippen LogP contribution in [-0.4, -0.2) is 18.4 Å². The molecule has 36 heavy (non-hydrogen) atoms. The first-order valence-corrected chi connectivity index (χ1v) is 13.5. The third-order valence-electron chi connectivity index (χ3n) is 6.69. The third-order valence-corrected chi connectivity index (χ3v) is 8.01. The van der Waals surface area contributed by atoms with Crippen molar-refractivity contribution in [3.63, 3.8) is 0 Å². The van der Waals surface area contributed by atoms with Gasteiger partial charge in [-0.2, -0.15) is 0 Å². The highest BCUT2D eigenvalue weighted by Gasteiger charge is 2.45. The Morgan fingerprint density at radius 2 is 1.86 bits per heavy atom. The minimum Gasteiger partial charge on any atom is -0.462 e. The normalized spacial score (nSPS) is 19.2. The first kappa shape index (κ1) is 26.4. The molecule has 1 atom stereocenters. The van der Waals surface area contributed by atoms with Crippen LogP contribution < -0.4 is 5.73 Å². The van der Waals surface area contributed by atoms with Crippen molar-refractivity contribution >= 4 is 35.1 Å². The highest BCUT2D eigenvalue weighted by molar-refractivity contribution is 7.98. The van der Waals surface area contributed by atoms with Gasteiger partial charge in [-0.15, -0.1) is 11.8 Å². The number of hydrogen-bond donors (Lipinski definition) is 1. The van der Waals surface area contributed by atoms with Crippen molar-refractivity contribution in [3.8, 4) is 0 Å². The monoisotopic (exact) mass is 525 g/mol. The summed E-state index contributed by atoms with van der Waals surface area (Å²) in [6.07, 6.45) is 0.956. The molecule has 0 amide bonds. The molecule has 0 saturated carbocycles. The molecule has 2 N–H and O–H groups in total. The fraction of sp³-hybridized carbons (Fsp3) is 0.379. The minimum atomic E-state index is -0.628. The van der Waals surface area contributed by atoms with Gasteiger partial charge >= 0.3 is 5.97 Å². The second-order valence-corrected chi connectivity index (χ2v) is 11.7. The minimum absolute atomic E-state index is 0.0137. The Hall–Kier alpha value is -2.70. The van der Waals surface area contributed by atoms with Crippen molar-refractivity contribution in [1.82, 2.24) is 0 Å². The number of nitrogens with two attached hydrogens (primary N) is 1. The number of allylic oxidation sites excluding steroid dienone is 2. The molecule has 190 valence electrons. The lowest BCUT2D eigenvalue weighted by atomic mass is 9.69. The lowest BCUT2D eigenvalue weighted by Crippen LogP contribution is -2.36. The van der Waals surface area contributed by atoms with Gasteiger partial charge in [0.1, 0.15) is 11.3 Å². The number of benzene rings is 2. The Kier molecular flexibility index (Phi) is 7.58. The Labute approximate surface area is 222 Å². The fourth-order valence-electron chi connectivity index (χ4n) is 4.98. The van der Waals surface area contributed by atoms with E-state index in [2.05, 4.69) is 19.1 Å². The van der Waals surface area contributed by atoms with Crippen LogP contribution in [0, 0.1) is 19.3 Å². The fourth-order valence-corrected chi connectivity index (χ4v) is 6.07. The van der Waals surface area contributed by atoms with Crippen LogP contribution in [0.2, 0.25) is 5.02 Å². The van der Waals surface area contributed by atoms with Crippen molar-refractivity contribution in [2.75, 3.05) is 6.61 Å². The van der Waals surface area contributed by atoms with Gasteiger partial charge in [0.25, 0.3) is 0 Å². The first-order chi connectivity index (χ1) is 17.0. The number of carbonyl (C=O) groups excluding carboxylic acids is 2. The number of aryl methyl sites for hydroxylation is 2. The first-order valence-electron chi connectivity index (χ1n) is 12.1. The molecule has 2 aliphatic rings. The van der Waals surface area contributed by atoms with Gasteiger partial charge in [0.05, 0.1) is 12.5 Å². The van der Waals surface area contributed by atoms with Crippen LogP contribution in [0.4, 0.5) is 0 Å². The van der Waals surface area contributed by atoms with E-state index < -0.39 is 11.9 Å². The largest absolute Gasteiger partial charge is 0.462 e. The smallest absolute Gasteiger partial charge is 0.340 e. The maximum atomic E-state index is 13.5. The molecule has 0 saturated heterocycles. The highest BCUT2D eigenvalue weighted by Crippen LogP contribution is 2.49. The lowest BCUT2D eigenvalue weighted by Gasteiger charge is -2.38. The molecule has 2 aromatic carbocycles. The maximum Gasteiger partial charge on any atom is 0.340 e. The number of ether oxygens (including phenoxy) is 2. The van der Waals surface area contributed by atoms with Crippen LogP contribution in [-0.2, 0) is 24.8 Å². The molecule has 4 rings (SSSR count). The molecule has 1 aliphatic carbocycles. The van der Waals surface area contributed by atoms with Crippen molar-refractivity contribution in [1.29, 1.82) is 0 Å². The number of hydrogen-bond acceptors (Lipinski definition) is 6. The Balaban J connectivity index is 1.81. The second-order valence-electron chi connectivity index (χ2n) is 10.2. The number of rotatable bonds is 6. The average molecular weight is 526 g/mol. The van der Waals surface area contributed by atoms with E-state index in [0.717, 1.165) is 32.9 Å². The van der Waals surface area contributed by atoms with Gasteiger partial charge < -0.3 is 15.2 Å². The SMILES string of the molecule is CCOC(=O)C1=C(N)OC2=C(C(=O)CC(C)(C)C2)[C@H]1c1cc(CSc2ccc(Cl)cc2)c(C)cc1C. The van der Waals surface area contributed by atoms with E-state index in [0.29, 0.717) is 29.2 Å². The maximum absolute atomic E-state index is 13.5. The quantitative estimate of drug-likeness (QED) is 0.332. The van der Waals surface area contributed by atoms with Gasteiger partial charge in [0, 0.05) is 34.1 Å². The second kappa shape index (κ2) is 10.3. The predicted molar refractivity (Wildman–Crippen MR) is 144 cm³/mol. The van der Waals surface area contributed by atoms with Gasteiger partial charge in [-0.05, 0) is 72.7 Å². The molecule has 0 spiro atoms. The van der Waals surface area contributed by atoms with Crippen LogP contribution in [0.25, 0.3) is 0 Å². The summed E-state index contributed by atoms with van der Waals surface area (Å²) in [7, 11) is 0. The van der Waals surface area contributed by atoms with Crippen LogP contribution in [0.15, 0.2) is 64.1 Å². The van der Waals surface area contributed by atoms with Crippen molar-refractivity contribution in [2.24, 2.45) is 11.1 Å². The van der Waals surface area contributed by atoms with Crippen LogP contribution in [0.1, 0.15) is 61.8 Å². The van der Waals surface area contributed by atoms with Gasteiger partial charge in [0.2, 0.25) is 5.88 Å². The topological polar surface area (TPSA) is 78.6 Å². The molecule has 0 radical (unpaired) electrons. The van der Waals surface area contributed by atoms with E-state index in [9.17, 15) is 9.59 Å². The Bertz CT molecular complexity index is 1280. The van der Waals surface area contributed by atoms with Gasteiger partial charge in [-0.1, -0.05) is 37.6 Å². The van der Waals surface area contributed by atoms with Crippen LogP contribution >= 0.6 is 23.4 Å². The number of carbonyl (C=O) groups is 2. The van der Waals surface area contributed by atoms with Crippen molar-refractivity contribution in [2.45, 2.75) is 64.0 Å². The Morgan fingerprint density at radius 1 is 1.17 bits per heavy atom. The zero-order valence-corrected chi connectivity index (χ0v) is 22.9. The van der Waals surface area contributed by atoms with Crippen LogP contribution in [0.3, 0.4) is 0 Å². The van der Waals surface area contributed by atoms with Gasteiger partial charge in [-0.3, -0.25) is 4.79 Å². The lowest BCUT2D eigenvalue weighted by molar-refractivity contribution is -0.139. The van der Waals surface area contributed by atoms with E-state index in [1.807, 2.05) is 45.0 Å². The molecule has 7 heteroatoms. The summed E-state index contributed by atoms with van der Waals surface area (Å²) in [5.41, 5.74) is 10.9. The predicted octanol–water partition coefficient (Wildman–Crippen LogP) is 6.74. The molecule has 0 fully saturated rings. The standard InChI is InChI=1S/C29H32ClNO4S/c1-6-34-28(33)26-24(25-22(32)13-29(4,5)14-23(25)35-27(26)31)21-12-18(16(2)11-17(21)3)15-36-20-9-7-19(30)8-10-20/h7-12,24H,6,13-15,31H2,1-5H3/t24-/m1/s1. The molecular formula is C29H32ClNO4S. The summed E-state index contributed by atoms with van der Waals surface area (Å²) in [5, 5.41) is 0.702. The average Bonchev–Trinajstić information content (AvgIpc) is 2.78. The molecular weight excluding hydrogens is 494 g/mol. The molecule has 5 nitrogen and oxygen atoms in total. The number of Topliss-reactive ketones (excluding diaryl/α,β-unsaturated/α-hetero) is 1. The van der Waals surface area contributed by atoms with Crippen molar-refractivity contribution < 1.29 is 19.1 Å². The zero-order chi connectivity index (χ0) is 26.2. The van der Waals surface area contributed by atoms with Gasteiger partial charge in [0.15, 0.2) is 5.78 Å². The van der Waals surface area contributed by atoms with E-state index in [1.165, 1.54) is 0 Å². The Morgan fingerprint density at radius 3 is 2.53 bits per heavy atom. The van der Waals surface area contributed by atoms with E-state index in [1.54, 1.807) is 18.7 Å². The number of esters is 1. The number of thioether (sulfide) groups is 1. The zero-order valence-electron chi connectivity index (χ0n) is 21.4. The molecule has 2 aromatic rings. The van der Waals surface area contributed by atoms with Crippen LogP contribution in [0.5, 0.6) is 0 Å². The summed E-state index contributed by atoms with van der Waals surface area (Å²) in [4.78, 5) is 27.7. The molecule has 0 unspecified atom stereocenters. The molecule has 0 bridgehead atoms. The number of halogens is 1. The third kappa shape index (κ3) is 5.35. The molecule has 0 aromatic heterocycles. The summed E-state index contributed by atoms with van der Waals surface area (Å²) in [6.45, 7) is 10.1. The van der Waals surface area contributed by atoms with E-state index >= 15 is 0 Å².